The van der Waals surface area contributed by atoms with Gasteiger partial charge < -0.3 is 15.3 Å². The molecule has 4 nitrogen and oxygen atoms in total. The minimum atomic E-state index is -2.88. The summed E-state index contributed by atoms with van der Waals surface area (Å²) in [5.74, 6) is -4.31. The summed E-state index contributed by atoms with van der Waals surface area (Å²) < 4.78 is 0. The highest BCUT2D eigenvalue weighted by molar-refractivity contribution is 5.81. The Hall–Kier alpha value is -0.450. The van der Waals surface area contributed by atoms with Crippen LogP contribution in [0.15, 0.2) is 0 Å². The first-order valence-electron chi connectivity index (χ1n) is 10.6. The number of hydrogen-bond donors (Lipinski definition) is 3. The van der Waals surface area contributed by atoms with E-state index < -0.39 is 11.9 Å². The van der Waals surface area contributed by atoms with Crippen molar-refractivity contribution >= 4 is 5.78 Å². The van der Waals surface area contributed by atoms with Crippen LogP contribution in [0, 0.1) is 5.92 Å². The Morgan fingerprint density at radius 2 is 1.00 bits per heavy atom. The second-order valence-electron chi connectivity index (χ2n) is 7.58. The molecule has 0 spiro atoms. The van der Waals surface area contributed by atoms with Crippen molar-refractivity contribution in [3.8, 4) is 0 Å². The number of unbranched alkanes of at least 4 members (excludes halogenated alkanes) is 14. The predicted octanol–water partition coefficient (Wildman–Crippen LogP) is 5.08. The summed E-state index contributed by atoms with van der Waals surface area (Å²) in [5.41, 5.74) is 0. The third-order valence-electron chi connectivity index (χ3n) is 5.09. The Kier molecular flexibility index (Phi) is 15.5. The summed E-state index contributed by atoms with van der Waals surface area (Å²) in [6.07, 6.45) is 19.4. The van der Waals surface area contributed by atoms with Crippen molar-refractivity contribution in [2.45, 2.75) is 123 Å². The van der Waals surface area contributed by atoms with Crippen LogP contribution in [0.1, 0.15) is 117 Å². The van der Waals surface area contributed by atoms with E-state index in [-0.39, 0.29) is 5.78 Å². The molecule has 0 saturated heterocycles. The van der Waals surface area contributed by atoms with Gasteiger partial charge in [0.1, 0.15) is 5.78 Å². The fourth-order valence-corrected chi connectivity index (χ4v) is 3.10. The normalized spacial score (nSPS) is 13.2. The molecule has 0 bridgehead atoms. The lowest BCUT2D eigenvalue weighted by molar-refractivity contribution is -0.331. The molecular formula is C21H42O4. The van der Waals surface area contributed by atoms with Gasteiger partial charge in [-0.1, -0.05) is 96.8 Å². The van der Waals surface area contributed by atoms with Gasteiger partial charge in [0.15, 0.2) is 0 Å². The first-order valence-corrected chi connectivity index (χ1v) is 10.6. The van der Waals surface area contributed by atoms with Crippen molar-refractivity contribution in [3.05, 3.63) is 0 Å². The lowest BCUT2D eigenvalue weighted by Crippen LogP contribution is -2.40. The Morgan fingerprint density at radius 1 is 0.680 bits per heavy atom. The second-order valence-corrected chi connectivity index (χ2v) is 7.58. The Labute approximate surface area is 155 Å². The molecule has 3 N–H and O–H groups in total. The molecule has 0 aliphatic rings. The van der Waals surface area contributed by atoms with Gasteiger partial charge >= 0.3 is 0 Å². The molecule has 0 aromatic heterocycles. The average molecular weight is 359 g/mol. The monoisotopic (exact) mass is 358 g/mol. The number of rotatable bonds is 18. The Morgan fingerprint density at radius 3 is 1.32 bits per heavy atom. The Balaban J connectivity index is 3.25. The number of carbonyl (C=O) groups is 1. The fourth-order valence-electron chi connectivity index (χ4n) is 3.10. The molecule has 0 fully saturated rings. The molecule has 0 aliphatic heterocycles. The molecule has 1 atom stereocenters. The highest BCUT2D eigenvalue weighted by atomic mass is 16.7. The van der Waals surface area contributed by atoms with Crippen LogP contribution in [-0.4, -0.2) is 27.1 Å². The zero-order valence-electron chi connectivity index (χ0n) is 16.6. The maximum absolute atomic E-state index is 11.6. The van der Waals surface area contributed by atoms with Crippen LogP contribution < -0.4 is 0 Å². The SMILES string of the molecule is CCCCCCCCCCCCCCCCCC(=O)C(C)C(O)(O)O. The molecular weight excluding hydrogens is 316 g/mol. The van der Waals surface area contributed by atoms with E-state index >= 15 is 0 Å². The molecule has 0 saturated carbocycles. The molecule has 0 aliphatic carbocycles. The highest BCUT2D eigenvalue weighted by Gasteiger charge is 2.33. The van der Waals surface area contributed by atoms with Crippen molar-refractivity contribution < 1.29 is 20.1 Å². The summed E-state index contributed by atoms with van der Waals surface area (Å²) in [6, 6.07) is 0. The number of hydrogen-bond acceptors (Lipinski definition) is 4. The molecule has 1 unspecified atom stereocenters. The van der Waals surface area contributed by atoms with Gasteiger partial charge in [-0.2, -0.15) is 0 Å². The Bertz CT molecular complexity index is 310. The van der Waals surface area contributed by atoms with E-state index in [0.29, 0.717) is 6.42 Å². The van der Waals surface area contributed by atoms with Crippen molar-refractivity contribution in [1.82, 2.24) is 0 Å². The van der Waals surface area contributed by atoms with Crippen molar-refractivity contribution in [3.63, 3.8) is 0 Å². The van der Waals surface area contributed by atoms with E-state index in [0.717, 1.165) is 19.3 Å². The molecule has 0 amide bonds. The lowest BCUT2D eigenvalue weighted by Gasteiger charge is -2.20. The number of carbonyl (C=O) groups excluding carboxylic acids is 1. The minimum Gasteiger partial charge on any atom is -0.343 e. The molecule has 0 aromatic carbocycles. The van der Waals surface area contributed by atoms with Gasteiger partial charge in [0.2, 0.25) is 0 Å². The van der Waals surface area contributed by atoms with Gasteiger partial charge in [-0.25, -0.2) is 0 Å². The van der Waals surface area contributed by atoms with Gasteiger partial charge in [0.05, 0.1) is 5.92 Å². The van der Waals surface area contributed by atoms with Crippen molar-refractivity contribution in [1.29, 1.82) is 0 Å². The van der Waals surface area contributed by atoms with E-state index in [1.54, 1.807) is 0 Å². The molecule has 0 rings (SSSR count). The molecule has 25 heavy (non-hydrogen) atoms. The van der Waals surface area contributed by atoms with Crippen LogP contribution in [-0.2, 0) is 4.79 Å². The standard InChI is InChI=1S/C21H42O4/c1-3-4-5-6-7-8-9-10-11-12-13-14-15-16-17-18-20(22)19(2)21(23,24)25/h19,23-25H,3-18H2,1-2H3. The van der Waals surface area contributed by atoms with Gasteiger partial charge in [0, 0.05) is 6.42 Å². The second kappa shape index (κ2) is 15.8. The van der Waals surface area contributed by atoms with E-state index in [2.05, 4.69) is 6.92 Å². The highest BCUT2D eigenvalue weighted by Crippen LogP contribution is 2.17. The molecule has 150 valence electrons. The van der Waals surface area contributed by atoms with Crippen LogP contribution in [0.3, 0.4) is 0 Å². The molecule has 0 radical (unpaired) electrons. The molecule has 0 aromatic rings. The van der Waals surface area contributed by atoms with Crippen LogP contribution in [0.5, 0.6) is 0 Å². The number of Topliss-reactive ketones (excluding diaryl/α,β-unsaturated/α-hetero) is 1. The summed E-state index contributed by atoms with van der Waals surface area (Å²) >= 11 is 0. The third kappa shape index (κ3) is 15.5. The maximum atomic E-state index is 11.6. The van der Waals surface area contributed by atoms with Crippen LogP contribution in [0.4, 0.5) is 0 Å². The zero-order valence-corrected chi connectivity index (χ0v) is 16.6. The minimum absolute atomic E-state index is 0.290. The van der Waals surface area contributed by atoms with Gasteiger partial charge in [-0.3, -0.25) is 4.79 Å². The van der Waals surface area contributed by atoms with E-state index in [4.69, 9.17) is 15.3 Å². The van der Waals surface area contributed by atoms with Gasteiger partial charge in [-0.15, -0.1) is 0 Å². The molecule has 0 heterocycles. The van der Waals surface area contributed by atoms with E-state index in [9.17, 15) is 4.79 Å². The summed E-state index contributed by atoms with van der Waals surface area (Å²) in [6.45, 7) is 3.60. The van der Waals surface area contributed by atoms with Gasteiger partial charge in [0.25, 0.3) is 5.97 Å². The van der Waals surface area contributed by atoms with Crippen molar-refractivity contribution in [2.75, 3.05) is 0 Å². The predicted molar refractivity (Wildman–Crippen MR) is 103 cm³/mol. The lowest BCUT2D eigenvalue weighted by atomic mass is 9.98. The summed E-state index contributed by atoms with van der Waals surface area (Å²) in [4.78, 5) is 11.6. The van der Waals surface area contributed by atoms with Crippen LogP contribution >= 0.6 is 0 Å². The number of aliphatic hydroxyl groups is 3. The first-order chi connectivity index (χ1) is 11.9. The van der Waals surface area contributed by atoms with Crippen LogP contribution in [0.2, 0.25) is 0 Å². The average Bonchev–Trinajstić information content (AvgIpc) is 2.56. The molecule has 4 heteroatoms. The van der Waals surface area contributed by atoms with E-state index in [1.807, 2.05) is 0 Å². The van der Waals surface area contributed by atoms with Crippen molar-refractivity contribution in [2.24, 2.45) is 5.92 Å². The van der Waals surface area contributed by atoms with Gasteiger partial charge in [-0.05, 0) is 13.3 Å². The quantitative estimate of drug-likeness (QED) is 0.236. The third-order valence-corrected chi connectivity index (χ3v) is 5.09. The zero-order chi connectivity index (χ0) is 19.0. The summed E-state index contributed by atoms with van der Waals surface area (Å²) in [7, 11) is 0. The number of ketones is 1. The maximum Gasteiger partial charge on any atom is 0.285 e. The van der Waals surface area contributed by atoms with Crippen LogP contribution in [0.25, 0.3) is 0 Å². The topological polar surface area (TPSA) is 77.8 Å². The van der Waals surface area contributed by atoms with E-state index in [1.165, 1.54) is 84.0 Å². The summed E-state index contributed by atoms with van der Waals surface area (Å²) in [5, 5.41) is 26.9. The first kappa shape index (κ1) is 24.6. The largest absolute Gasteiger partial charge is 0.343 e. The fraction of sp³-hybridized carbons (Fsp3) is 0.952. The smallest absolute Gasteiger partial charge is 0.285 e.